The summed E-state index contributed by atoms with van der Waals surface area (Å²) in [5, 5.41) is 3.34. The zero-order valence-electron chi connectivity index (χ0n) is 11.0. The van der Waals surface area contributed by atoms with Gasteiger partial charge in [-0.15, -0.1) is 0 Å². The van der Waals surface area contributed by atoms with Crippen molar-refractivity contribution in [2.75, 3.05) is 19.7 Å². The first-order valence-corrected chi connectivity index (χ1v) is 6.56. The number of aromatic nitrogens is 1. The van der Waals surface area contributed by atoms with Gasteiger partial charge in [0.1, 0.15) is 6.61 Å². The van der Waals surface area contributed by atoms with Crippen LogP contribution >= 0.6 is 0 Å². The number of esters is 1. The Labute approximate surface area is 108 Å². The molecule has 1 unspecified atom stereocenters. The number of hydrogen-bond acceptors (Lipinski definition) is 4. The average Bonchev–Trinajstić information content (AvgIpc) is 2.42. The third-order valence-electron chi connectivity index (χ3n) is 3.80. The summed E-state index contributed by atoms with van der Waals surface area (Å²) >= 11 is 0. The van der Waals surface area contributed by atoms with Gasteiger partial charge in [0.2, 0.25) is 0 Å². The lowest BCUT2D eigenvalue weighted by molar-refractivity contribution is 0.0316. The Bertz CT molecular complexity index is 434. The standard InChI is InChI=1S/C14H20N2O2/c1-3-14(6-8-15-4-2)10-18-13(17)11-9-16-7-5-12(11)14/h5,7,9,15H,3-4,6,8,10H2,1-2H3. The van der Waals surface area contributed by atoms with Crippen LogP contribution in [0.5, 0.6) is 0 Å². The van der Waals surface area contributed by atoms with Gasteiger partial charge in [0.05, 0.1) is 5.56 Å². The molecule has 1 aliphatic rings. The molecular formula is C14H20N2O2. The van der Waals surface area contributed by atoms with E-state index in [1.165, 1.54) is 0 Å². The molecule has 0 aromatic carbocycles. The molecule has 98 valence electrons. The molecular weight excluding hydrogens is 228 g/mol. The van der Waals surface area contributed by atoms with E-state index in [4.69, 9.17) is 4.74 Å². The van der Waals surface area contributed by atoms with Crippen LogP contribution < -0.4 is 5.32 Å². The molecule has 0 radical (unpaired) electrons. The summed E-state index contributed by atoms with van der Waals surface area (Å²) in [5.41, 5.74) is 1.66. The van der Waals surface area contributed by atoms with Crippen LogP contribution in [0.3, 0.4) is 0 Å². The predicted molar refractivity (Wildman–Crippen MR) is 69.6 cm³/mol. The highest BCUT2D eigenvalue weighted by Gasteiger charge is 2.39. The Morgan fingerprint density at radius 3 is 3.06 bits per heavy atom. The Balaban J connectivity index is 2.31. The Morgan fingerprint density at radius 2 is 2.33 bits per heavy atom. The summed E-state index contributed by atoms with van der Waals surface area (Å²) in [4.78, 5) is 15.8. The van der Waals surface area contributed by atoms with Gasteiger partial charge in [-0.25, -0.2) is 4.79 Å². The smallest absolute Gasteiger partial charge is 0.340 e. The molecule has 0 bridgehead atoms. The van der Waals surface area contributed by atoms with Crippen molar-refractivity contribution in [3.05, 3.63) is 29.6 Å². The number of carbonyl (C=O) groups excluding carboxylic acids is 1. The number of fused-ring (bicyclic) bond motifs is 1. The highest BCUT2D eigenvalue weighted by molar-refractivity contribution is 5.92. The minimum atomic E-state index is -0.245. The zero-order valence-corrected chi connectivity index (χ0v) is 11.0. The van der Waals surface area contributed by atoms with E-state index >= 15 is 0 Å². The number of pyridine rings is 1. The zero-order chi connectivity index (χ0) is 13.0. The molecule has 18 heavy (non-hydrogen) atoms. The molecule has 1 N–H and O–H groups in total. The molecule has 0 amide bonds. The van der Waals surface area contributed by atoms with Gasteiger partial charge in [-0.3, -0.25) is 4.98 Å². The second kappa shape index (κ2) is 5.48. The Morgan fingerprint density at radius 1 is 1.50 bits per heavy atom. The Hall–Kier alpha value is -1.42. The van der Waals surface area contributed by atoms with Gasteiger partial charge in [-0.05, 0) is 37.6 Å². The fourth-order valence-electron chi connectivity index (χ4n) is 2.56. The number of ether oxygens (including phenoxy) is 1. The fraction of sp³-hybridized carbons (Fsp3) is 0.571. The lowest BCUT2D eigenvalue weighted by atomic mass is 9.73. The topological polar surface area (TPSA) is 51.2 Å². The number of carbonyl (C=O) groups is 1. The van der Waals surface area contributed by atoms with Crippen LogP contribution in [-0.2, 0) is 10.2 Å². The van der Waals surface area contributed by atoms with Gasteiger partial charge >= 0.3 is 5.97 Å². The van der Waals surface area contributed by atoms with Crippen molar-refractivity contribution in [2.24, 2.45) is 0 Å². The molecule has 1 aromatic rings. The lowest BCUT2D eigenvalue weighted by Gasteiger charge is -2.37. The summed E-state index contributed by atoms with van der Waals surface area (Å²) in [7, 11) is 0. The summed E-state index contributed by atoms with van der Waals surface area (Å²) in [5.74, 6) is -0.245. The monoisotopic (exact) mass is 248 g/mol. The lowest BCUT2D eigenvalue weighted by Crippen LogP contribution is -2.41. The van der Waals surface area contributed by atoms with E-state index in [9.17, 15) is 4.79 Å². The van der Waals surface area contributed by atoms with Crippen LogP contribution in [0.15, 0.2) is 18.5 Å². The van der Waals surface area contributed by atoms with Gasteiger partial charge in [-0.1, -0.05) is 13.8 Å². The van der Waals surface area contributed by atoms with Crippen LogP contribution in [0.2, 0.25) is 0 Å². The van der Waals surface area contributed by atoms with Crippen molar-refractivity contribution in [1.82, 2.24) is 10.3 Å². The van der Waals surface area contributed by atoms with E-state index in [1.54, 1.807) is 12.4 Å². The maximum absolute atomic E-state index is 11.7. The van der Waals surface area contributed by atoms with Crippen LogP contribution in [0.1, 0.15) is 42.6 Å². The molecule has 1 aromatic heterocycles. The maximum atomic E-state index is 11.7. The average molecular weight is 248 g/mol. The minimum absolute atomic E-state index is 0.0612. The van der Waals surface area contributed by atoms with E-state index in [0.717, 1.165) is 31.5 Å². The highest BCUT2D eigenvalue weighted by Crippen LogP contribution is 2.37. The van der Waals surface area contributed by atoms with Crippen LogP contribution in [-0.4, -0.2) is 30.6 Å². The van der Waals surface area contributed by atoms with Crippen molar-refractivity contribution in [2.45, 2.75) is 32.1 Å². The summed E-state index contributed by atoms with van der Waals surface area (Å²) in [6.45, 7) is 6.61. The molecule has 0 saturated heterocycles. The molecule has 1 aliphatic heterocycles. The first-order chi connectivity index (χ1) is 8.73. The van der Waals surface area contributed by atoms with Crippen LogP contribution in [0.25, 0.3) is 0 Å². The summed E-state index contributed by atoms with van der Waals surface area (Å²) < 4.78 is 5.34. The van der Waals surface area contributed by atoms with Crippen molar-refractivity contribution in [3.63, 3.8) is 0 Å². The minimum Gasteiger partial charge on any atom is -0.461 e. The molecule has 0 saturated carbocycles. The van der Waals surface area contributed by atoms with Crippen molar-refractivity contribution < 1.29 is 9.53 Å². The molecule has 0 fully saturated rings. The Kier molecular flexibility index (Phi) is 3.97. The molecule has 2 heterocycles. The van der Waals surface area contributed by atoms with E-state index in [1.807, 2.05) is 6.07 Å². The maximum Gasteiger partial charge on any atom is 0.340 e. The van der Waals surface area contributed by atoms with Gasteiger partial charge in [0, 0.05) is 17.8 Å². The van der Waals surface area contributed by atoms with E-state index < -0.39 is 0 Å². The first kappa shape index (κ1) is 13.0. The normalized spacial score (nSPS) is 22.4. The van der Waals surface area contributed by atoms with Gasteiger partial charge in [-0.2, -0.15) is 0 Å². The van der Waals surface area contributed by atoms with Crippen LogP contribution in [0.4, 0.5) is 0 Å². The largest absolute Gasteiger partial charge is 0.461 e. The third kappa shape index (κ3) is 2.25. The predicted octanol–water partition coefficient (Wildman–Crippen LogP) is 1.90. The highest BCUT2D eigenvalue weighted by atomic mass is 16.5. The van der Waals surface area contributed by atoms with Gasteiger partial charge in [0.25, 0.3) is 0 Å². The molecule has 1 atom stereocenters. The summed E-state index contributed by atoms with van der Waals surface area (Å²) in [6, 6.07) is 1.96. The summed E-state index contributed by atoms with van der Waals surface area (Å²) in [6.07, 6.45) is 5.31. The number of hydrogen-bond donors (Lipinski definition) is 1. The number of rotatable bonds is 5. The molecule has 0 aliphatic carbocycles. The first-order valence-electron chi connectivity index (χ1n) is 6.56. The van der Waals surface area contributed by atoms with Crippen molar-refractivity contribution >= 4 is 5.97 Å². The molecule has 4 nitrogen and oxygen atoms in total. The second-order valence-electron chi connectivity index (χ2n) is 4.73. The quantitative estimate of drug-likeness (QED) is 0.638. The van der Waals surface area contributed by atoms with Crippen molar-refractivity contribution in [3.8, 4) is 0 Å². The van der Waals surface area contributed by atoms with E-state index in [0.29, 0.717) is 12.2 Å². The number of nitrogens with zero attached hydrogens (tertiary/aromatic N) is 1. The SMILES string of the molecule is CCNCCC1(CC)COC(=O)c2cnccc21. The van der Waals surface area contributed by atoms with Crippen molar-refractivity contribution in [1.29, 1.82) is 0 Å². The molecule has 0 spiro atoms. The fourth-order valence-corrected chi connectivity index (χ4v) is 2.56. The van der Waals surface area contributed by atoms with Crippen LogP contribution in [0, 0.1) is 0 Å². The number of nitrogens with one attached hydrogen (secondary N) is 1. The van der Waals surface area contributed by atoms with Gasteiger partial charge < -0.3 is 10.1 Å². The van der Waals surface area contributed by atoms with E-state index in [2.05, 4.69) is 24.1 Å². The van der Waals surface area contributed by atoms with Gasteiger partial charge in [0.15, 0.2) is 0 Å². The number of cyclic esters (lactones) is 1. The van der Waals surface area contributed by atoms with E-state index in [-0.39, 0.29) is 11.4 Å². The third-order valence-corrected chi connectivity index (χ3v) is 3.80. The second-order valence-corrected chi connectivity index (χ2v) is 4.73. The molecule has 2 rings (SSSR count). The molecule has 4 heteroatoms.